The number of nitrogens with zero attached hydrogens (tertiary/aromatic N) is 8. The first-order chi connectivity index (χ1) is 17.5. The zero-order chi connectivity index (χ0) is 26.5. The minimum atomic E-state index is -0.790. The number of aromatic nitrogens is 6. The summed E-state index contributed by atoms with van der Waals surface area (Å²) in [5, 5.41) is 30.0. The molecule has 0 radical (unpaired) electrons. The summed E-state index contributed by atoms with van der Waals surface area (Å²) in [4.78, 5) is 42.3. The van der Waals surface area contributed by atoms with Crippen LogP contribution < -0.4 is 5.32 Å². The summed E-state index contributed by atoms with van der Waals surface area (Å²) >= 11 is 0. The second kappa shape index (κ2) is 9.51. The maximum Gasteiger partial charge on any atom is 0.291 e. The number of nitrogens with one attached hydrogen (secondary N) is 1. The van der Waals surface area contributed by atoms with Gasteiger partial charge < -0.3 is 24.8 Å². The lowest BCUT2D eigenvalue weighted by Crippen LogP contribution is -2.50. The number of aliphatic hydroxyl groups excluding tert-OH is 1. The summed E-state index contributed by atoms with van der Waals surface area (Å²) in [5.74, 6) is 0.577. The Balaban J connectivity index is 1.26. The van der Waals surface area contributed by atoms with Gasteiger partial charge in [-0.3, -0.25) is 14.4 Å². The number of carbonyl (C=O) groups is 3. The van der Waals surface area contributed by atoms with Gasteiger partial charge in [-0.15, -0.1) is 15.3 Å². The summed E-state index contributed by atoms with van der Waals surface area (Å²) in [6.45, 7) is 7.40. The fraction of sp³-hybridized carbons (Fsp3) is 0.708. The van der Waals surface area contributed by atoms with Gasteiger partial charge >= 0.3 is 0 Å². The lowest BCUT2D eigenvalue weighted by molar-refractivity contribution is -0.144. The number of rotatable bonds is 7. The third kappa shape index (κ3) is 4.96. The molecule has 1 saturated carbocycles. The number of likely N-dealkylation sites (N-methyl/N-ethyl adjacent to an activating group) is 1. The van der Waals surface area contributed by atoms with E-state index in [2.05, 4.69) is 25.8 Å². The molecule has 1 aliphatic carbocycles. The lowest BCUT2D eigenvalue weighted by Gasteiger charge is -2.34. The Labute approximate surface area is 215 Å². The van der Waals surface area contributed by atoms with Crippen molar-refractivity contribution in [2.75, 3.05) is 26.7 Å². The average Bonchev–Trinajstić information content (AvgIpc) is 3.23. The molecule has 3 atom stereocenters. The van der Waals surface area contributed by atoms with E-state index in [1.54, 1.807) is 21.2 Å². The molecule has 2 aromatic rings. The van der Waals surface area contributed by atoms with E-state index in [0.717, 1.165) is 18.5 Å². The van der Waals surface area contributed by atoms with Gasteiger partial charge in [-0.25, -0.2) is 4.68 Å². The molecule has 0 aromatic carbocycles. The number of amides is 3. The number of hydrogen-bond acceptors (Lipinski definition) is 8. The van der Waals surface area contributed by atoms with Crippen molar-refractivity contribution in [3.8, 4) is 0 Å². The second-order valence-corrected chi connectivity index (χ2v) is 11.4. The topological polar surface area (TPSA) is 151 Å². The maximum atomic E-state index is 13.8. The fourth-order valence-electron chi connectivity index (χ4n) is 5.18. The van der Waals surface area contributed by atoms with Crippen molar-refractivity contribution in [2.45, 2.75) is 77.1 Å². The van der Waals surface area contributed by atoms with E-state index in [4.69, 9.17) is 0 Å². The van der Waals surface area contributed by atoms with Crippen molar-refractivity contribution in [1.82, 2.24) is 44.9 Å². The maximum absolute atomic E-state index is 13.8. The minimum Gasteiger partial charge on any atom is -0.391 e. The molecular weight excluding hydrogens is 478 g/mol. The van der Waals surface area contributed by atoms with Crippen molar-refractivity contribution in [1.29, 1.82) is 0 Å². The van der Waals surface area contributed by atoms with Gasteiger partial charge in [0, 0.05) is 58.2 Å². The zero-order valence-corrected chi connectivity index (χ0v) is 21.8. The Kier molecular flexibility index (Phi) is 6.50. The first-order valence-electron chi connectivity index (χ1n) is 12.9. The summed E-state index contributed by atoms with van der Waals surface area (Å²) in [6.07, 6.45) is 3.78. The van der Waals surface area contributed by atoms with Crippen LogP contribution in [0, 0.1) is 5.41 Å². The highest BCUT2D eigenvalue weighted by Crippen LogP contribution is 2.40. The lowest BCUT2D eigenvalue weighted by atomic mass is 9.85. The number of fused-ring (bicyclic) bond motifs is 1. The SMILES string of the molecule is CN1CCn2c(CCNC(=O)[C@@H]3C[C@@H](O)CN3C(=O)[C@@H](n3cc(C4CC4)nn3)C(C)(C)C)nnc2C1=O. The molecule has 1 saturated heterocycles. The van der Waals surface area contributed by atoms with Gasteiger partial charge in [-0.2, -0.15) is 0 Å². The molecule has 3 amide bonds. The minimum absolute atomic E-state index is 0.0843. The van der Waals surface area contributed by atoms with E-state index >= 15 is 0 Å². The highest BCUT2D eigenvalue weighted by atomic mass is 16.3. The van der Waals surface area contributed by atoms with Crippen molar-refractivity contribution < 1.29 is 19.5 Å². The Morgan fingerprint density at radius 3 is 2.65 bits per heavy atom. The third-order valence-electron chi connectivity index (χ3n) is 7.38. The monoisotopic (exact) mass is 513 g/mol. The van der Waals surface area contributed by atoms with Crippen molar-refractivity contribution in [3.05, 3.63) is 23.5 Å². The molecule has 13 nitrogen and oxygen atoms in total. The van der Waals surface area contributed by atoms with Gasteiger partial charge in [0.15, 0.2) is 0 Å². The molecular formula is C24H35N9O4. The van der Waals surface area contributed by atoms with Gasteiger partial charge in [0.2, 0.25) is 17.6 Å². The predicted molar refractivity (Wildman–Crippen MR) is 130 cm³/mol. The van der Waals surface area contributed by atoms with Gasteiger partial charge in [0.05, 0.1) is 11.8 Å². The Morgan fingerprint density at radius 1 is 1.19 bits per heavy atom. The molecule has 0 spiro atoms. The Morgan fingerprint density at radius 2 is 1.95 bits per heavy atom. The van der Waals surface area contributed by atoms with Gasteiger partial charge in [-0.1, -0.05) is 26.0 Å². The summed E-state index contributed by atoms with van der Waals surface area (Å²) in [5.41, 5.74) is 0.403. The number of β-amino-alcohol motifs (C(OH)–C–C–N with tert-alkyl or cyclic N) is 1. The molecule has 3 aliphatic rings. The molecule has 2 fully saturated rings. The number of carbonyl (C=O) groups excluding carboxylic acids is 3. The number of hydrogen-bond donors (Lipinski definition) is 2. The standard InChI is InChI=1S/C24H35N9O4/c1-24(2,3)19(33-13-16(26-29-33)14-5-6-14)22(36)32-12-15(34)11-17(32)21(35)25-8-7-18-27-28-20-23(37)30(4)9-10-31(18)20/h13-15,17,19,34H,5-12H2,1-4H3,(H,25,35)/t15-,17+,19-/m1/s1. The average molecular weight is 514 g/mol. The second-order valence-electron chi connectivity index (χ2n) is 11.4. The van der Waals surface area contributed by atoms with Gasteiger partial charge in [0.1, 0.15) is 17.9 Å². The molecule has 200 valence electrons. The van der Waals surface area contributed by atoms with Crippen molar-refractivity contribution in [3.63, 3.8) is 0 Å². The largest absolute Gasteiger partial charge is 0.391 e. The molecule has 2 aliphatic heterocycles. The highest BCUT2D eigenvalue weighted by Gasteiger charge is 2.45. The molecule has 2 aromatic heterocycles. The number of aliphatic hydroxyl groups is 1. The smallest absolute Gasteiger partial charge is 0.291 e. The van der Waals surface area contributed by atoms with Crippen molar-refractivity contribution >= 4 is 17.7 Å². The van der Waals surface area contributed by atoms with Crippen LogP contribution in [0.3, 0.4) is 0 Å². The summed E-state index contributed by atoms with van der Waals surface area (Å²) in [6, 6.07) is -1.45. The molecule has 4 heterocycles. The number of likely N-dealkylation sites (tertiary alicyclic amines) is 1. The Bertz CT molecular complexity index is 1200. The van der Waals surface area contributed by atoms with E-state index in [0.29, 0.717) is 37.1 Å². The zero-order valence-electron chi connectivity index (χ0n) is 21.8. The molecule has 5 rings (SSSR count). The van der Waals surface area contributed by atoms with E-state index in [9.17, 15) is 19.5 Å². The van der Waals surface area contributed by atoms with Crippen LogP contribution in [0.5, 0.6) is 0 Å². The van der Waals surface area contributed by atoms with Crippen LogP contribution in [0.15, 0.2) is 6.20 Å². The predicted octanol–water partition coefficient (Wildman–Crippen LogP) is -0.259. The highest BCUT2D eigenvalue weighted by molar-refractivity contribution is 5.91. The summed E-state index contributed by atoms with van der Waals surface area (Å²) in [7, 11) is 1.72. The van der Waals surface area contributed by atoms with Crippen molar-refractivity contribution in [2.24, 2.45) is 5.41 Å². The van der Waals surface area contributed by atoms with Crippen LogP contribution in [0.1, 0.15) is 74.1 Å². The van der Waals surface area contributed by atoms with Crippen LogP contribution in [-0.2, 0) is 22.6 Å². The Hall–Kier alpha value is -3.35. The van der Waals surface area contributed by atoms with E-state index in [1.165, 1.54) is 4.90 Å². The third-order valence-corrected chi connectivity index (χ3v) is 7.38. The van der Waals surface area contributed by atoms with E-state index in [-0.39, 0.29) is 37.2 Å². The quantitative estimate of drug-likeness (QED) is 0.514. The first-order valence-corrected chi connectivity index (χ1v) is 12.9. The van der Waals surface area contributed by atoms with Crippen LogP contribution in [0.4, 0.5) is 0 Å². The van der Waals surface area contributed by atoms with Gasteiger partial charge in [0.25, 0.3) is 5.91 Å². The fourth-order valence-corrected chi connectivity index (χ4v) is 5.18. The van der Waals surface area contributed by atoms with Crippen LogP contribution >= 0.6 is 0 Å². The van der Waals surface area contributed by atoms with Crippen LogP contribution in [0.25, 0.3) is 0 Å². The molecule has 13 heteroatoms. The molecule has 0 unspecified atom stereocenters. The molecule has 37 heavy (non-hydrogen) atoms. The van der Waals surface area contributed by atoms with Crippen LogP contribution in [-0.4, -0.2) is 101 Å². The van der Waals surface area contributed by atoms with E-state index < -0.39 is 23.6 Å². The molecule has 0 bridgehead atoms. The molecule has 2 N–H and O–H groups in total. The summed E-state index contributed by atoms with van der Waals surface area (Å²) < 4.78 is 3.40. The first kappa shape index (κ1) is 25.3. The normalized spacial score (nSPS) is 22.8. The van der Waals surface area contributed by atoms with Gasteiger partial charge in [-0.05, 0) is 18.3 Å². The van der Waals surface area contributed by atoms with E-state index in [1.807, 2.05) is 27.0 Å². The van der Waals surface area contributed by atoms with Crippen LogP contribution in [0.2, 0.25) is 0 Å².